The van der Waals surface area contributed by atoms with Crippen LogP contribution in [-0.4, -0.2) is 42.2 Å². The van der Waals surface area contributed by atoms with Gasteiger partial charge in [-0.05, 0) is 56.2 Å². The van der Waals surface area contributed by atoms with E-state index in [1.807, 2.05) is 25.3 Å². The number of nitrogens with zero attached hydrogens (tertiary/aromatic N) is 2. The molecule has 0 radical (unpaired) electrons. The van der Waals surface area contributed by atoms with Crippen LogP contribution in [0.2, 0.25) is 0 Å². The Morgan fingerprint density at radius 2 is 2.00 bits per heavy atom. The summed E-state index contributed by atoms with van der Waals surface area (Å²) in [6, 6.07) is 4.95. The molecular weight excluding hydrogens is 386 g/mol. The van der Waals surface area contributed by atoms with E-state index in [2.05, 4.69) is 20.2 Å². The molecule has 2 aromatic rings. The fraction of sp³-hybridized carbons (Fsp3) is 0.471. The van der Waals surface area contributed by atoms with E-state index in [4.69, 9.17) is 12.2 Å². The first kappa shape index (κ1) is 21.3. The molecule has 0 spiro atoms. The summed E-state index contributed by atoms with van der Waals surface area (Å²) in [5.41, 5.74) is 1.93. The van der Waals surface area contributed by atoms with Crippen molar-refractivity contribution in [3.05, 3.63) is 39.9 Å². The second-order valence-corrected chi connectivity index (χ2v) is 8.34. The zero-order valence-electron chi connectivity index (χ0n) is 15.7. The summed E-state index contributed by atoms with van der Waals surface area (Å²) >= 11 is 5.11. The maximum absolute atomic E-state index is 12.3. The van der Waals surface area contributed by atoms with E-state index in [1.54, 1.807) is 18.2 Å². The van der Waals surface area contributed by atoms with Gasteiger partial charge in [0.15, 0.2) is 4.77 Å². The highest BCUT2D eigenvalue weighted by atomic mass is 32.2. The number of aromatic nitrogens is 3. The number of hydrogen-bond acceptors (Lipinski definition) is 5. The molecule has 0 unspecified atom stereocenters. The summed E-state index contributed by atoms with van der Waals surface area (Å²) in [6.45, 7) is 6.90. The lowest BCUT2D eigenvalue weighted by atomic mass is 10.1. The Hall–Kier alpha value is -2.04. The fourth-order valence-electron chi connectivity index (χ4n) is 2.53. The summed E-state index contributed by atoms with van der Waals surface area (Å²) in [6.07, 6.45) is 0.603. The zero-order valence-corrected chi connectivity index (χ0v) is 17.3. The fourth-order valence-corrected chi connectivity index (χ4v) is 3.93. The highest BCUT2D eigenvalue weighted by Gasteiger charge is 2.15. The van der Waals surface area contributed by atoms with E-state index < -0.39 is 10.0 Å². The van der Waals surface area contributed by atoms with Crippen LogP contribution in [0.15, 0.2) is 23.1 Å². The Labute approximate surface area is 164 Å². The van der Waals surface area contributed by atoms with Crippen molar-refractivity contribution < 1.29 is 13.2 Å². The molecule has 3 N–H and O–H groups in total. The van der Waals surface area contributed by atoms with E-state index in [-0.39, 0.29) is 23.8 Å². The van der Waals surface area contributed by atoms with E-state index in [1.165, 1.54) is 0 Å². The first-order valence-electron chi connectivity index (χ1n) is 8.72. The minimum atomic E-state index is -3.62. The van der Waals surface area contributed by atoms with Crippen LogP contribution in [0, 0.1) is 18.6 Å². The van der Waals surface area contributed by atoms with E-state index in [9.17, 15) is 13.2 Å². The van der Waals surface area contributed by atoms with Crippen LogP contribution in [0.4, 0.5) is 0 Å². The van der Waals surface area contributed by atoms with E-state index >= 15 is 0 Å². The molecule has 1 amide bonds. The van der Waals surface area contributed by atoms with Gasteiger partial charge in [0.1, 0.15) is 5.82 Å². The van der Waals surface area contributed by atoms with Gasteiger partial charge in [0.2, 0.25) is 15.9 Å². The Balaban J connectivity index is 1.78. The number of amides is 1. The zero-order chi connectivity index (χ0) is 20.0. The van der Waals surface area contributed by atoms with Gasteiger partial charge in [-0.25, -0.2) is 13.1 Å². The molecule has 10 heteroatoms. The van der Waals surface area contributed by atoms with Gasteiger partial charge < -0.3 is 9.88 Å². The van der Waals surface area contributed by atoms with Crippen LogP contribution in [0.3, 0.4) is 0 Å². The molecular formula is C17H25N5O3S2. The average Bonchev–Trinajstić information content (AvgIpc) is 2.96. The lowest BCUT2D eigenvalue weighted by molar-refractivity contribution is -0.120. The maximum Gasteiger partial charge on any atom is 0.240 e. The molecule has 148 valence electrons. The highest BCUT2D eigenvalue weighted by molar-refractivity contribution is 7.89. The predicted octanol–water partition coefficient (Wildman–Crippen LogP) is 1.60. The van der Waals surface area contributed by atoms with Crippen LogP contribution in [0.1, 0.15) is 30.3 Å². The number of aromatic amines is 1. The molecule has 0 aliphatic rings. The molecule has 0 saturated carbocycles. The van der Waals surface area contributed by atoms with Gasteiger partial charge in [-0.2, -0.15) is 5.10 Å². The van der Waals surface area contributed by atoms with Gasteiger partial charge in [-0.1, -0.05) is 6.07 Å². The Morgan fingerprint density at radius 3 is 2.67 bits per heavy atom. The molecule has 27 heavy (non-hydrogen) atoms. The third kappa shape index (κ3) is 5.72. The normalized spacial score (nSPS) is 11.5. The van der Waals surface area contributed by atoms with Crippen molar-refractivity contribution in [2.24, 2.45) is 0 Å². The van der Waals surface area contributed by atoms with Crippen LogP contribution in [-0.2, 0) is 27.8 Å². The molecule has 1 aromatic carbocycles. The first-order valence-corrected chi connectivity index (χ1v) is 10.6. The van der Waals surface area contributed by atoms with Gasteiger partial charge in [0.25, 0.3) is 0 Å². The lowest BCUT2D eigenvalue weighted by Crippen LogP contribution is -2.32. The summed E-state index contributed by atoms with van der Waals surface area (Å²) in [5, 5.41) is 9.61. The number of carbonyl (C=O) groups is 1. The van der Waals surface area contributed by atoms with Crippen LogP contribution < -0.4 is 10.0 Å². The van der Waals surface area contributed by atoms with Crippen molar-refractivity contribution in [1.82, 2.24) is 24.8 Å². The standard InChI is InChI=1S/C17H25N5O3S2/c1-4-22-15(20-21-17(22)26)7-9-18-16(23)8-10-19-27(24,25)14-6-5-12(2)13(3)11-14/h5-6,11,19H,4,7-10H2,1-3H3,(H,18,23)(H,21,26). The SMILES string of the molecule is CCn1c(CCNC(=O)CCNS(=O)(=O)c2ccc(C)c(C)c2)n[nH]c1=S. The number of nitrogens with one attached hydrogen (secondary N) is 3. The summed E-state index contributed by atoms with van der Waals surface area (Å²) in [7, 11) is -3.62. The monoisotopic (exact) mass is 411 g/mol. The number of rotatable bonds is 9. The van der Waals surface area contributed by atoms with Crippen LogP contribution >= 0.6 is 12.2 Å². The molecule has 0 aliphatic carbocycles. The summed E-state index contributed by atoms with van der Waals surface area (Å²) < 4.78 is 29.4. The molecule has 1 aromatic heterocycles. The maximum atomic E-state index is 12.3. The summed E-state index contributed by atoms with van der Waals surface area (Å²) in [5.74, 6) is 0.549. The van der Waals surface area contributed by atoms with Gasteiger partial charge in [0, 0.05) is 32.5 Å². The number of sulfonamides is 1. The minimum absolute atomic E-state index is 0.0365. The molecule has 0 bridgehead atoms. The quantitative estimate of drug-likeness (QED) is 0.543. The van der Waals surface area contributed by atoms with Crippen molar-refractivity contribution in [3.63, 3.8) is 0 Å². The molecule has 2 rings (SSSR count). The van der Waals surface area contributed by atoms with Crippen LogP contribution in [0.25, 0.3) is 0 Å². The van der Waals surface area contributed by atoms with Gasteiger partial charge in [-0.3, -0.25) is 9.89 Å². The largest absolute Gasteiger partial charge is 0.356 e. The molecule has 0 saturated heterocycles. The van der Waals surface area contributed by atoms with Crippen molar-refractivity contribution in [1.29, 1.82) is 0 Å². The van der Waals surface area contributed by atoms with Crippen molar-refractivity contribution in [2.75, 3.05) is 13.1 Å². The Kier molecular flexibility index (Phi) is 7.28. The number of carbonyl (C=O) groups excluding carboxylic acids is 1. The Bertz CT molecular complexity index is 963. The third-order valence-corrected chi connectivity index (χ3v) is 6.03. The molecule has 0 atom stereocenters. The van der Waals surface area contributed by atoms with Gasteiger partial charge in [0.05, 0.1) is 4.90 Å². The lowest BCUT2D eigenvalue weighted by Gasteiger charge is -2.09. The third-order valence-electron chi connectivity index (χ3n) is 4.26. The second-order valence-electron chi connectivity index (χ2n) is 6.18. The molecule has 1 heterocycles. The number of H-pyrrole nitrogens is 1. The average molecular weight is 412 g/mol. The first-order chi connectivity index (χ1) is 12.7. The van der Waals surface area contributed by atoms with E-state index in [0.717, 1.165) is 17.0 Å². The van der Waals surface area contributed by atoms with Crippen LogP contribution in [0.5, 0.6) is 0 Å². The number of aryl methyl sites for hydroxylation is 2. The predicted molar refractivity (Wildman–Crippen MR) is 106 cm³/mol. The number of benzene rings is 1. The molecule has 0 fully saturated rings. The van der Waals surface area contributed by atoms with Gasteiger partial charge in [-0.15, -0.1) is 0 Å². The molecule has 0 aliphatic heterocycles. The highest BCUT2D eigenvalue weighted by Crippen LogP contribution is 2.14. The van der Waals surface area contributed by atoms with E-state index in [0.29, 0.717) is 24.3 Å². The smallest absolute Gasteiger partial charge is 0.240 e. The van der Waals surface area contributed by atoms with Crippen molar-refractivity contribution in [2.45, 2.75) is 45.1 Å². The topological polar surface area (TPSA) is 109 Å². The van der Waals surface area contributed by atoms with Crippen molar-refractivity contribution in [3.8, 4) is 0 Å². The second kappa shape index (κ2) is 9.25. The van der Waals surface area contributed by atoms with Crippen molar-refractivity contribution >= 4 is 28.1 Å². The summed E-state index contributed by atoms with van der Waals surface area (Å²) in [4.78, 5) is 12.1. The van der Waals surface area contributed by atoms with Gasteiger partial charge >= 0.3 is 0 Å². The minimum Gasteiger partial charge on any atom is -0.356 e. The Morgan fingerprint density at radius 1 is 1.26 bits per heavy atom. The molecule has 8 nitrogen and oxygen atoms in total. The number of hydrogen-bond donors (Lipinski definition) is 3.